The van der Waals surface area contributed by atoms with Crippen molar-refractivity contribution in [1.29, 1.82) is 0 Å². The number of ether oxygens (including phenoxy) is 3. The van der Waals surface area contributed by atoms with Crippen LogP contribution >= 0.6 is 11.8 Å². The molecule has 152 valence electrons. The van der Waals surface area contributed by atoms with E-state index in [1.807, 2.05) is 24.8 Å². The maximum absolute atomic E-state index is 12.5. The van der Waals surface area contributed by atoms with Crippen molar-refractivity contribution in [2.45, 2.75) is 31.2 Å². The first kappa shape index (κ1) is 20.3. The third-order valence-corrected chi connectivity index (χ3v) is 5.33. The fourth-order valence-corrected chi connectivity index (χ4v) is 3.91. The Morgan fingerprint density at radius 2 is 1.89 bits per heavy atom. The Morgan fingerprint density at radius 3 is 2.54 bits per heavy atom. The molecule has 1 amide bonds. The minimum atomic E-state index is 0.0302. The van der Waals surface area contributed by atoms with Crippen molar-refractivity contribution in [3.8, 4) is 22.9 Å². The van der Waals surface area contributed by atoms with E-state index in [0.29, 0.717) is 35.6 Å². The second-order valence-corrected chi connectivity index (χ2v) is 7.53. The lowest BCUT2D eigenvalue weighted by Crippen LogP contribution is -2.48. The number of morpholine rings is 1. The van der Waals surface area contributed by atoms with Gasteiger partial charge >= 0.3 is 0 Å². The summed E-state index contributed by atoms with van der Waals surface area (Å²) in [4.78, 5) is 14.3. The molecule has 3 rings (SSSR count). The molecule has 2 aromatic rings. The standard InChI is InChI=1S/C18H25N5O4S/c1-11-8-22(9-12(2)27-11)16(24)10-28-18-21-20-17(23(18)19)13-5-6-14(25-3)15(7-13)26-4/h5-7,11-12H,8-10,19H2,1-4H3/t11-,12-/m1/s1. The highest BCUT2D eigenvalue weighted by molar-refractivity contribution is 7.99. The third kappa shape index (κ3) is 4.33. The SMILES string of the molecule is COc1ccc(-c2nnc(SCC(=O)N3C[C@@H](C)O[C@H](C)C3)n2N)cc1OC. The molecule has 1 aromatic heterocycles. The van der Waals surface area contributed by atoms with Crippen LogP contribution in [-0.2, 0) is 9.53 Å². The van der Waals surface area contributed by atoms with Gasteiger partial charge in [0.25, 0.3) is 0 Å². The van der Waals surface area contributed by atoms with E-state index in [9.17, 15) is 4.79 Å². The molecule has 0 bridgehead atoms. The van der Waals surface area contributed by atoms with E-state index in [-0.39, 0.29) is 23.9 Å². The smallest absolute Gasteiger partial charge is 0.233 e. The predicted octanol–water partition coefficient (Wildman–Crippen LogP) is 1.40. The molecule has 0 radical (unpaired) electrons. The second-order valence-electron chi connectivity index (χ2n) is 6.59. The Bertz CT molecular complexity index is 833. The second kappa shape index (κ2) is 8.70. The Balaban J connectivity index is 1.69. The maximum Gasteiger partial charge on any atom is 0.233 e. The van der Waals surface area contributed by atoms with Crippen LogP contribution in [0.15, 0.2) is 23.4 Å². The van der Waals surface area contributed by atoms with Gasteiger partial charge in [-0.1, -0.05) is 11.8 Å². The van der Waals surface area contributed by atoms with Crippen molar-refractivity contribution in [2.24, 2.45) is 0 Å². The molecule has 2 N–H and O–H groups in total. The van der Waals surface area contributed by atoms with Crippen molar-refractivity contribution >= 4 is 17.7 Å². The van der Waals surface area contributed by atoms with E-state index in [0.717, 1.165) is 5.56 Å². The number of thioether (sulfide) groups is 1. The molecule has 1 saturated heterocycles. The monoisotopic (exact) mass is 407 g/mol. The van der Waals surface area contributed by atoms with Crippen LogP contribution in [0.5, 0.6) is 11.5 Å². The highest BCUT2D eigenvalue weighted by Crippen LogP contribution is 2.32. The number of aromatic nitrogens is 3. The lowest BCUT2D eigenvalue weighted by molar-refractivity contribution is -0.140. The normalized spacial score (nSPS) is 19.5. The van der Waals surface area contributed by atoms with Gasteiger partial charge in [-0.25, -0.2) is 4.68 Å². The molecule has 2 atom stereocenters. The largest absolute Gasteiger partial charge is 0.493 e. The van der Waals surface area contributed by atoms with Crippen LogP contribution in [0.2, 0.25) is 0 Å². The van der Waals surface area contributed by atoms with Crippen molar-refractivity contribution in [3.63, 3.8) is 0 Å². The zero-order valence-electron chi connectivity index (χ0n) is 16.4. The van der Waals surface area contributed by atoms with E-state index in [1.165, 1.54) is 16.4 Å². The number of hydrogen-bond acceptors (Lipinski definition) is 8. The Kier molecular flexibility index (Phi) is 6.30. The molecule has 28 heavy (non-hydrogen) atoms. The van der Waals surface area contributed by atoms with Crippen LogP contribution in [0, 0.1) is 0 Å². The summed E-state index contributed by atoms with van der Waals surface area (Å²) >= 11 is 1.26. The predicted molar refractivity (Wildman–Crippen MR) is 106 cm³/mol. The van der Waals surface area contributed by atoms with Gasteiger partial charge in [-0.2, -0.15) is 0 Å². The highest BCUT2D eigenvalue weighted by atomic mass is 32.2. The van der Waals surface area contributed by atoms with Crippen molar-refractivity contribution in [1.82, 2.24) is 19.8 Å². The zero-order chi connectivity index (χ0) is 20.3. The third-order valence-electron chi connectivity index (χ3n) is 4.40. The molecule has 2 heterocycles. The van der Waals surface area contributed by atoms with Crippen molar-refractivity contribution in [2.75, 3.05) is 38.9 Å². The zero-order valence-corrected chi connectivity index (χ0v) is 17.2. The summed E-state index contributed by atoms with van der Waals surface area (Å²) in [5, 5.41) is 8.74. The van der Waals surface area contributed by atoms with E-state index in [4.69, 9.17) is 20.1 Å². The highest BCUT2D eigenvalue weighted by Gasteiger charge is 2.26. The van der Waals surface area contributed by atoms with Gasteiger partial charge in [-0.05, 0) is 32.0 Å². The number of nitrogens with two attached hydrogens (primary N) is 1. The van der Waals surface area contributed by atoms with Gasteiger partial charge < -0.3 is 25.0 Å². The summed E-state index contributed by atoms with van der Waals surface area (Å²) in [6, 6.07) is 5.38. The topological polar surface area (TPSA) is 105 Å². The average molecular weight is 407 g/mol. The number of nitrogen functional groups attached to an aromatic ring is 1. The van der Waals surface area contributed by atoms with Gasteiger partial charge in [0.15, 0.2) is 17.3 Å². The first-order chi connectivity index (χ1) is 13.4. The molecule has 1 fully saturated rings. The fourth-order valence-electron chi connectivity index (χ4n) is 3.15. The number of methoxy groups -OCH3 is 2. The molecule has 0 spiro atoms. The first-order valence-corrected chi connectivity index (χ1v) is 9.90. The lowest BCUT2D eigenvalue weighted by Gasteiger charge is -2.35. The van der Waals surface area contributed by atoms with Crippen molar-refractivity contribution in [3.05, 3.63) is 18.2 Å². The van der Waals surface area contributed by atoms with Crippen LogP contribution in [0.4, 0.5) is 0 Å². The van der Waals surface area contributed by atoms with Crippen LogP contribution in [0.25, 0.3) is 11.4 Å². The number of hydrogen-bond donors (Lipinski definition) is 1. The van der Waals surface area contributed by atoms with Crippen LogP contribution in [0.1, 0.15) is 13.8 Å². The molecule has 1 aliphatic heterocycles. The molecule has 0 aliphatic carbocycles. The molecule has 0 unspecified atom stereocenters. The minimum absolute atomic E-state index is 0.0302. The number of carbonyl (C=O) groups excluding carboxylic acids is 1. The summed E-state index contributed by atoms with van der Waals surface area (Å²) in [7, 11) is 3.14. The summed E-state index contributed by atoms with van der Waals surface area (Å²) < 4.78 is 17.6. The fraction of sp³-hybridized carbons (Fsp3) is 0.500. The van der Waals surface area contributed by atoms with Crippen molar-refractivity contribution < 1.29 is 19.0 Å². The van der Waals surface area contributed by atoms with E-state index < -0.39 is 0 Å². The number of benzene rings is 1. The van der Waals surface area contributed by atoms with Crippen LogP contribution in [0.3, 0.4) is 0 Å². The summed E-state index contributed by atoms with van der Waals surface area (Å²) in [6.45, 7) is 5.12. The molecule has 10 heteroatoms. The summed E-state index contributed by atoms with van der Waals surface area (Å²) in [5.74, 6) is 8.09. The molecule has 0 saturated carbocycles. The molecule has 9 nitrogen and oxygen atoms in total. The number of amides is 1. The average Bonchev–Trinajstić information content (AvgIpc) is 3.05. The Labute approximate surface area is 168 Å². The molecular weight excluding hydrogens is 382 g/mol. The van der Waals surface area contributed by atoms with Gasteiger partial charge in [0, 0.05) is 18.7 Å². The minimum Gasteiger partial charge on any atom is -0.493 e. The lowest BCUT2D eigenvalue weighted by atomic mass is 10.2. The van der Waals surface area contributed by atoms with Crippen LogP contribution in [-0.4, -0.2) is 71.0 Å². The Morgan fingerprint density at radius 1 is 1.21 bits per heavy atom. The quantitative estimate of drug-likeness (QED) is 0.566. The van der Waals surface area contributed by atoms with E-state index in [2.05, 4.69) is 10.2 Å². The summed E-state index contributed by atoms with van der Waals surface area (Å²) in [6.07, 6.45) is 0.0695. The van der Waals surface area contributed by atoms with E-state index in [1.54, 1.807) is 26.4 Å². The molecule has 1 aliphatic rings. The summed E-state index contributed by atoms with van der Waals surface area (Å²) in [5.41, 5.74) is 0.738. The Hall–Kier alpha value is -2.46. The molecular formula is C18H25N5O4S. The van der Waals surface area contributed by atoms with Gasteiger partial charge in [0.2, 0.25) is 11.1 Å². The number of rotatable bonds is 6. The molecule has 1 aromatic carbocycles. The number of carbonyl (C=O) groups is 1. The van der Waals surface area contributed by atoms with E-state index >= 15 is 0 Å². The van der Waals surface area contributed by atoms with Gasteiger partial charge in [0.05, 0.1) is 32.2 Å². The first-order valence-electron chi connectivity index (χ1n) is 8.91. The van der Waals surface area contributed by atoms with Crippen LogP contribution < -0.4 is 15.3 Å². The number of nitrogens with zero attached hydrogens (tertiary/aromatic N) is 4. The van der Waals surface area contributed by atoms with Gasteiger partial charge in [0.1, 0.15) is 0 Å². The van der Waals surface area contributed by atoms with Gasteiger partial charge in [-0.3, -0.25) is 4.79 Å². The van der Waals surface area contributed by atoms with Gasteiger partial charge in [-0.15, -0.1) is 10.2 Å². The maximum atomic E-state index is 12.5.